The second kappa shape index (κ2) is 8.08. The molecule has 1 aliphatic heterocycles. The third-order valence-electron chi connectivity index (χ3n) is 3.95. The Bertz CT molecular complexity index is 544. The van der Waals surface area contributed by atoms with Crippen molar-refractivity contribution in [3.63, 3.8) is 0 Å². The number of nitrogens with zero attached hydrogens (tertiary/aromatic N) is 1. The van der Waals surface area contributed by atoms with E-state index >= 15 is 0 Å². The number of carbonyl (C=O) groups excluding carboxylic acids is 2. The van der Waals surface area contributed by atoms with Crippen LogP contribution in [0.4, 0.5) is 0 Å². The van der Waals surface area contributed by atoms with Crippen molar-refractivity contribution in [3.05, 3.63) is 35.4 Å². The number of hydrogen-bond acceptors (Lipinski definition) is 5. The molecule has 23 heavy (non-hydrogen) atoms. The van der Waals surface area contributed by atoms with E-state index in [4.69, 9.17) is 4.74 Å². The average Bonchev–Trinajstić information content (AvgIpc) is 2.56. The van der Waals surface area contributed by atoms with Gasteiger partial charge in [-0.15, -0.1) is 0 Å². The van der Waals surface area contributed by atoms with Gasteiger partial charge in [-0.25, -0.2) is 4.79 Å². The largest absolute Gasteiger partial charge is 0.465 e. The van der Waals surface area contributed by atoms with Crippen molar-refractivity contribution in [3.8, 4) is 0 Å². The van der Waals surface area contributed by atoms with Crippen molar-refractivity contribution in [2.45, 2.75) is 32.5 Å². The summed E-state index contributed by atoms with van der Waals surface area (Å²) in [5.41, 5.74) is 1.44. The van der Waals surface area contributed by atoms with Crippen LogP contribution in [0.2, 0.25) is 0 Å². The second-order valence-corrected chi connectivity index (χ2v) is 5.89. The number of amides is 1. The Hall–Kier alpha value is -1.92. The van der Waals surface area contributed by atoms with Crippen LogP contribution in [0.3, 0.4) is 0 Å². The van der Waals surface area contributed by atoms with Gasteiger partial charge in [0.1, 0.15) is 0 Å². The summed E-state index contributed by atoms with van der Waals surface area (Å²) in [6.07, 6.45) is 0.157. The Morgan fingerprint density at radius 3 is 2.65 bits per heavy atom. The molecule has 0 spiro atoms. The van der Waals surface area contributed by atoms with Crippen molar-refractivity contribution < 1.29 is 19.1 Å². The molecule has 2 unspecified atom stereocenters. The van der Waals surface area contributed by atoms with Gasteiger partial charge in [-0.3, -0.25) is 9.69 Å². The summed E-state index contributed by atoms with van der Waals surface area (Å²) in [5.74, 6) is -0.376. The normalized spacial score (nSPS) is 21.7. The topological polar surface area (TPSA) is 67.9 Å². The number of carbonyl (C=O) groups is 2. The number of hydrogen-bond donors (Lipinski definition) is 1. The fraction of sp³-hybridized carbons (Fsp3) is 0.529. The van der Waals surface area contributed by atoms with Crippen LogP contribution in [0.1, 0.15) is 29.8 Å². The highest BCUT2D eigenvalue weighted by Crippen LogP contribution is 2.10. The summed E-state index contributed by atoms with van der Waals surface area (Å²) < 4.78 is 10.2. The standard InChI is InChI=1S/C17H24N2O4/c1-12-11-23-13(2)9-19(12)10-16(20)18-8-14-4-6-15(7-5-14)17(21)22-3/h4-7,12-13H,8-11H2,1-3H3,(H,18,20). The summed E-state index contributed by atoms with van der Waals surface area (Å²) >= 11 is 0. The van der Waals surface area contributed by atoms with Gasteiger partial charge in [-0.05, 0) is 31.5 Å². The number of rotatable bonds is 5. The van der Waals surface area contributed by atoms with Gasteiger partial charge >= 0.3 is 5.97 Å². The molecular formula is C17H24N2O4. The highest BCUT2D eigenvalue weighted by atomic mass is 16.5. The van der Waals surface area contributed by atoms with Crippen molar-refractivity contribution in [1.29, 1.82) is 0 Å². The highest BCUT2D eigenvalue weighted by Gasteiger charge is 2.24. The van der Waals surface area contributed by atoms with E-state index in [0.717, 1.165) is 12.1 Å². The van der Waals surface area contributed by atoms with E-state index in [-0.39, 0.29) is 24.0 Å². The van der Waals surface area contributed by atoms with Crippen LogP contribution in [-0.2, 0) is 20.8 Å². The summed E-state index contributed by atoms with van der Waals surface area (Å²) in [5, 5.41) is 2.91. The third kappa shape index (κ3) is 5.04. The smallest absolute Gasteiger partial charge is 0.337 e. The van der Waals surface area contributed by atoms with Gasteiger partial charge in [0.2, 0.25) is 5.91 Å². The lowest BCUT2D eigenvalue weighted by Gasteiger charge is -2.36. The van der Waals surface area contributed by atoms with Crippen LogP contribution >= 0.6 is 0 Å². The van der Waals surface area contributed by atoms with E-state index in [1.807, 2.05) is 19.1 Å². The van der Waals surface area contributed by atoms with Gasteiger partial charge in [0, 0.05) is 19.1 Å². The lowest BCUT2D eigenvalue weighted by molar-refractivity contribution is -0.126. The van der Waals surface area contributed by atoms with Crippen molar-refractivity contribution >= 4 is 11.9 Å². The monoisotopic (exact) mass is 320 g/mol. The molecule has 1 amide bonds. The molecule has 6 heteroatoms. The second-order valence-electron chi connectivity index (χ2n) is 5.89. The number of benzene rings is 1. The van der Waals surface area contributed by atoms with E-state index in [2.05, 4.69) is 21.9 Å². The molecule has 0 radical (unpaired) electrons. The van der Waals surface area contributed by atoms with E-state index in [0.29, 0.717) is 25.3 Å². The van der Waals surface area contributed by atoms with Gasteiger partial charge < -0.3 is 14.8 Å². The Labute approximate surface area is 136 Å². The number of nitrogens with one attached hydrogen (secondary N) is 1. The summed E-state index contributed by atoms with van der Waals surface area (Å²) in [7, 11) is 1.35. The molecule has 0 aliphatic carbocycles. The van der Waals surface area contributed by atoms with Crippen molar-refractivity contribution in [2.24, 2.45) is 0 Å². The molecule has 1 heterocycles. The van der Waals surface area contributed by atoms with Crippen LogP contribution in [0.15, 0.2) is 24.3 Å². The van der Waals surface area contributed by atoms with E-state index in [1.165, 1.54) is 7.11 Å². The molecule has 2 rings (SSSR count). The zero-order valence-electron chi connectivity index (χ0n) is 13.9. The molecule has 6 nitrogen and oxygen atoms in total. The van der Waals surface area contributed by atoms with Crippen LogP contribution in [0.25, 0.3) is 0 Å². The minimum Gasteiger partial charge on any atom is -0.465 e. The average molecular weight is 320 g/mol. The van der Waals surface area contributed by atoms with E-state index in [1.54, 1.807) is 12.1 Å². The lowest BCUT2D eigenvalue weighted by atomic mass is 10.1. The molecule has 0 aromatic heterocycles. The SMILES string of the molecule is COC(=O)c1ccc(CNC(=O)CN2CC(C)OCC2C)cc1. The molecule has 1 saturated heterocycles. The van der Waals surface area contributed by atoms with E-state index < -0.39 is 0 Å². The zero-order chi connectivity index (χ0) is 16.8. The molecule has 0 bridgehead atoms. The quantitative estimate of drug-likeness (QED) is 0.826. The molecule has 0 saturated carbocycles. The Balaban J connectivity index is 1.81. The maximum absolute atomic E-state index is 12.1. The lowest BCUT2D eigenvalue weighted by Crippen LogP contribution is -2.50. The van der Waals surface area contributed by atoms with Gasteiger partial charge in [-0.2, -0.15) is 0 Å². The van der Waals surface area contributed by atoms with E-state index in [9.17, 15) is 9.59 Å². The Morgan fingerprint density at radius 1 is 1.30 bits per heavy atom. The predicted molar refractivity (Wildman–Crippen MR) is 86.1 cm³/mol. The Kier molecular flexibility index (Phi) is 6.12. The Morgan fingerprint density at radius 2 is 2.00 bits per heavy atom. The van der Waals surface area contributed by atoms with Gasteiger partial charge in [0.15, 0.2) is 0 Å². The first-order valence-electron chi connectivity index (χ1n) is 7.79. The minimum atomic E-state index is -0.365. The minimum absolute atomic E-state index is 0.0111. The van der Waals surface area contributed by atoms with Crippen LogP contribution in [0, 0.1) is 0 Å². The highest BCUT2D eigenvalue weighted by molar-refractivity contribution is 5.89. The van der Waals surface area contributed by atoms with Gasteiger partial charge in [0.25, 0.3) is 0 Å². The molecule has 1 aliphatic rings. The zero-order valence-corrected chi connectivity index (χ0v) is 13.9. The summed E-state index contributed by atoms with van der Waals surface area (Å²) in [4.78, 5) is 25.6. The summed E-state index contributed by atoms with van der Waals surface area (Å²) in [6.45, 7) is 6.31. The number of morpholine rings is 1. The van der Waals surface area contributed by atoms with Crippen LogP contribution < -0.4 is 5.32 Å². The number of methoxy groups -OCH3 is 1. The maximum Gasteiger partial charge on any atom is 0.337 e. The predicted octanol–water partition coefficient (Wildman–Crippen LogP) is 1.20. The van der Waals surface area contributed by atoms with Crippen LogP contribution in [0.5, 0.6) is 0 Å². The first-order chi connectivity index (χ1) is 11.0. The van der Waals surface area contributed by atoms with Gasteiger partial charge in [0.05, 0.1) is 31.9 Å². The molecular weight excluding hydrogens is 296 g/mol. The molecule has 1 aromatic carbocycles. The summed E-state index contributed by atoms with van der Waals surface area (Å²) in [6, 6.07) is 7.26. The molecule has 1 N–H and O–H groups in total. The number of esters is 1. The molecule has 1 fully saturated rings. The van der Waals surface area contributed by atoms with Crippen LogP contribution in [-0.4, -0.2) is 55.7 Å². The first kappa shape index (κ1) is 17.4. The van der Waals surface area contributed by atoms with Gasteiger partial charge in [-0.1, -0.05) is 12.1 Å². The third-order valence-corrected chi connectivity index (χ3v) is 3.95. The first-order valence-corrected chi connectivity index (χ1v) is 7.79. The number of ether oxygens (including phenoxy) is 2. The molecule has 1 aromatic rings. The maximum atomic E-state index is 12.1. The fourth-order valence-corrected chi connectivity index (χ4v) is 2.51. The van der Waals surface area contributed by atoms with Crippen molar-refractivity contribution in [2.75, 3.05) is 26.8 Å². The van der Waals surface area contributed by atoms with Crippen molar-refractivity contribution in [1.82, 2.24) is 10.2 Å². The molecule has 2 atom stereocenters. The fourth-order valence-electron chi connectivity index (χ4n) is 2.51. The molecule has 126 valence electrons.